The van der Waals surface area contributed by atoms with Crippen LogP contribution in [0.15, 0.2) is 42.5 Å². The molecule has 4 rings (SSSR count). The highest BCUT2D eigenvalue weighted by atomic mass is 35.5. The monoisotopic (exact) mass is 486 g/mol. The zero-order valence-corrected chi connectivity index (χ0v) is 20.1. The number of phenols is 1. The summed E-state index contributed by atoms with van der Waals surface area (Å²) in [5.41, 5.74) is 1.85. The molecule has 8 nitrogen and oxygen atoms in total. The van der Waals surface area contributed by atoms with Gasteiger partial charge < -0.3 is 25.3 Å². The lowest BCUT2D eigenvalue weighted by atomic mass is 9.87. The first-order valence-electron chi connectivity index (χ1n) is 11.5. The van der Waals surface area contributed by atoms with E-state index in [9.17, 15) is 19.8 Å². The Morgan fingerprint density at radius 2 is 1.85 bits per heavy atom. The number of benzene rings is 2. The highest BCUT2D eigenvalue weighted by Crippen LogP contribution is 2.33. The van der Waals surface area contributed by atoms with Crippen molar-refractivity contribution >= 4 is 34.8 Å². The van der Waals surface area contributed by atoms with Gasteiger partial charge in [0.2, 0.25) is 11.8 Å². The molecule has 2 heterocycles. The predicted octanol–water partition coefficient (Wildman–Crippen LogP) is 2.33. The summed E-state index contributed by atoms with van der Waals surface area (Å²) >= 11 is 5.93. The maximum Gasteiger partial charge on any atom is 0.236 e. The van der Waals surface area contributed by atoms with Crippen molar-refractivity contribution in [2.75, 3.05) is 62.6 Å². The van der Waals surface area contributed by atoms with Crippen molar-refractivity contribution in [1.82, 2.24) is 9.80 Å². The normalized spacial score (nSPS) is 21.0. The van der Waals surface area contributed by atoms with Crippen LogP contribution in [0.3, 0.4) is 0 Å². The molecule has 2 aromatic rings. The van der Waals surface area contributed by atoms with Gasteiger partial charge in [0.15, 0.2) is 0 Å². The summed E-state index contributed by atoms with van der Waals surface area (Å²) in [6.07, 6.45) is 0.454. The Balaban J connectivity index is 1.30. The lowest BCUT2D eigenvalue weighted by Crippen LogP contribution is -2.51. The number of hydrogen-bond donors (Lipinski definition) is 3. The van der Waals surface area contributed by atoms with Crippen molar-refractivity contribution in [3.8, 4) is 5.75 Å². The van der Waals surface area contributed by atoms with Gasteiger partial charge in [0.1, 0.15) is 5.75 Å². The Bertz CT molecular complexity index is 1060. The van der Waals surface area contributed by atoms with Crippen molar-refractivity contribution in [2.45, 2.75) is 13.3 Å². The molecule has 0 spiro atoms. The Kier molecular flexibility index (Phi) is 7.30. The molecular weight excluding hydrogens is 456 g/mol. The van der Waals surface area contributed by atoms with Crippen LogP contribution in [-0.4, -0.2) is 84.2 Å². The number of halogens is 1. The summed E-state index contributed by atoms with van der Waals surface area (Å²) in [7, 11) is 0. The quantitative estimate of drug-likeness (QED) is 0.542. The first-order valence-corrected chi connectivity index (χ1v) is 11.9. The first-order chi connectivity index (χ1) is 16.3. The topological polar surface area (TPSA) is 96.4 Å². The van der Waals surface area contributed by atoms with Crippen molar-refractivity contribution in [3.05, 3.63) is 53.1 Å². The molecule has 34 heavy (non-hydrogen) atoms. The third-order valence-corrected chi connectivity index (χ3v) is 7.08. The predicted molar refractivity (Wildman–Crippen MR) is 132 cm³/mol. The smallest absolute Gasteiger partial charge is 0.236 e. The lowest BCUT2D eigenvalue weighted by molar-refractivity contribution is -0.133. The molecule has 0 saturated carbocycles. The Hall–Kier alpha value is -2.81. The summed E-state index contributed by atoms with van der Waals surface area (Å²) in [5, 5.41) is 22.6. The number of anilines is 2. The van der Waals surface area contributed by atoms with E-state index in [1.54, 1.807) is 6.07 Å². The minimum absolute atomic E-state index is 0.0448. The van der Waals surface area contributed by atoms with E-state index in [1.165, 1.54) is 23.4 Å². The molecule has 182 valence electrons. The second-order valence-corrected chi connectivity index (χ2v) is 9.63. The van der Waals surface area contributed by atoms with Gasteiger partial charge in [-0.15, -0.1) is 0 Å². The van der Waals surface area contributed by atoms with Crippen LogP contribution in [0.4, 0.5) is 11.4 Å². The minimum atomic E-state index is -0.992. The summed E-state index contributed by atoms with van der Waals surface area (Å²) in [4.78, 5) is 32.0. The molecule has 0 bridgehead atoms. The summed E-state index contributed by atoms with van der Waals surface area (Å²) in [6.45, 7) is 5.73. The number of aryl methyl sites for hydroxylation is 1. The van der Waals surface area contributed by atoms with Crippen molar-refractivity contribution in [3.63, 3.8) is 0 Å². The van der Waals surface area contributed by atoms with Crippen LogP contribution in [-0.2, 0) is 9.59 Å². The van der Waals surface area contributed by atoms with Crippen LogP contribution < -0.4 is 10.2 Å². The second kappa shape index (κ2) is 10.2. The molecule has 1 unspecified atom stereocenters. The zero-order chi connectivity index (χ0) is 24.3. The van der Waals surface area contributed by atoms with E-state index >= 15 is 0 Å². The highest BCUT2D eigenvalue weighted by Gasteiger charge is 2.45. The van der Waals surface area contributed by atoms with Gasteiger partial charge in [0.05, 0.1) is 23.6 Å². The molecule has 2 aromatic carbocycles. The Labute approximate surface area is 204 Å². The van der Waals surface area contributed by atoms with Crippen molar-refractivity contribution in [2.24, 2.45) is 5.41 Å². The summed E-state index contributed by atoms with van der Waals surface area (Å²) < 4.78 is 0. The molecule has 2 amide bonds. The third-order valence-electron chi connectivity index (χ3n) is 6.78. The maximum absolute atomic E-state index is 13.0. The van der Waals surface area contributed by atoms with Crippen LogP contribution in [0.2, 0.25) is 5.02 Å². The SMILES string of the molecule is Cc1cccc(N2CCN(C(=O)CN3CCC(CO)(C(=O)Nc4ccc(O)c(Cl)c4)C3)CC2)c1. The number of aliphatic hydroxyl groups excluding tert-OH is 1. The highest BCUT2D eigenvalue weighted by molar-refractivity contribution is 6.32. The van der Waals surface area contributed by atoms with E-state index in [4.69, 9.17) is 11.6 Å². The number of rotatable bonds is 6. The van der Waals surface area contributed by atoms with Gasteiger partial charge in [0.25, 0.3) is 0 Å². The van der Waals surface area contributed by atoms with E-state index < -0.39 is 5.41 Å². The van der Waals surface area contributed by atoms with Gasteiger partial charge in [-0.25, -0.2) is 0 Å². The zero-order valence-electron chi connectivity index (χ0n) is 19.3. The van der Waals surface area contributed by atoms with Gasteiger partial charge >= 0.3 is 0 Å². The van der Waals surface area contributed by atoms with Crippen LogP contribution in [0, 0.1) is 12.3 Å². The molecule has 9 heteroatoms. The molecule has 2 saturated heterocycles. The van der Waals surface area contributed by atoms with E-state index in [1.807, 2.05) is 9.80 Å². The average molecular weight is 487 g/mol. The summed E-state index contributed by atoms with van der Waals surface area (Å²) in [6, 6.07) is 12.8. The molecule has 2 fully saturated rings. The number of aromatic hydroxyl groups is 1. The van der Waals surface area contributed by atoms with E-state index in [0.29, 0.717) is 38.3 Å². The molecule has 0 radical (unpaired) electrons. The second-order valence-electron chi connectivity index (χ2n) is 9.23. The minimum Gasteiger partial charge on any atom is -0.506 e. The van der Waals surface area contributed by atoms with Crippen LogP contribution >= 0.6 is 11.6 Å². The largest absolute Gasteiger partial charge is 0.506 e. The van der Waals surface area contributed by atoms with Gasteiger partial charge in [-0.3, -0.25) is 14.5 Å². The van der Waals surface area contributed by atoms with Crippen LogP contribution in [0.25, 0.3) is 0 Å². The number of phenolic OH excluding ortho intramolecular Hbond substituents is 1. The fourth-order valence-corrected chi connectivity index (χ4v) is 4.84. The number of carbonyl (C=O) groups excluding carboxylic acids is 2. The number of likely N-dealkylation sites (tertiary alicyclic amines) is 1. The number of piperazine rings is 1. The standard InChI is InChI=1S/C25H31ClN4O4/c1-18-3-2-4-20(13-18)29-9-11-30(12-10-29)23(33)15-28-8-7-25(16-28,17-31)24(34)27-19-5-6-22(32)21(26)14-19/h2-6,13-14,31-32H,7-12,15-17H2,1H3,(H,27,34). The van der Waals surface area contributed by atoms with Crippen LogP contribution in [0.1, 0.15) is 12.0 Å². The van der Waals surface area contributed by atoms with Gasteiger partial charge in [-0.1, -0.05) is 23.7 Å². The molecular formula is C25H31ClN4O4. The third kappa shape index (κ3) is 5.29. The van der Waals surface area contributed by atoms with E-state index in [-0.39, 0.29) is 35.7 Å². The van der Waals surface area contributed by atoms with Crippen molar-refractivity contribution < 1.29 is 19.8 Å². The fourth-order valence-electron chi connectivity index (χ4n) is 4.66. The molecule has 2 aliphatic heterocycles. The number of amides is 2. The number of hydrogen-bond acceptors (Lipinski definition) is 6. The Morgan fingerprint density at radius 1 is 1.09 bits per heavy atom. The molecule has 3 N–H and O–H groups in total. The van der Waals surface area contributed by atoms with Crippen molar-refractivity contribution in [1.29, 1.82) is 0 Å². The van der Waals surface area contributed by atoms with E-state index in [0.717, 1.165) is 13.1 Å². The number of aliphatic hydroxyl groups is 1. The summed E-state index contributed by atoms with van der Waals surface area (Å²) in [5.74, 6) is -0.344. The number of carbonyl (C=O) groups is 2. The maximum atomic E-state index is 13.0. The average Bonchev–Trinajstić information content (AvgIpc) is 3.26. The number of nitrogens with zero attached hydrogens (tertiary/aromatic N) is 3. The van der Waals surface area contributed by atoms with E-state index in [2.05, 4.69) is 41.4 Å². The van der Waals surface area contributed by atoms with Gasteiger partial charge in [0, 0.05) is 44.1 Å². The molecule has 2 aliphatic rings. The van der Waals surface area contributed by atoms with Crippen LogP contribution in [0.5, 0.6) is 5.75 Å². The van der Waals surface area contributed by atoms with Gasteiger partial charge in [-0.05, 0) is 55.8 Å². The molecule has 0 aromatic heterocycles. The lowest BCUT2D eigenvalue weighted by Gasteiger charge is -2.37. The Morgan fingerprint density at radius 3 is 2.53 bits per heavy atom. The molecule has 1 atom stereocenters. The number of nitrogens with one attached hydrogen (secondary N) is 1. The first kappa shape index (κ1) is 24.3. The fraction of sp³-hybridized carbons (Fsp3) is 0.440. The molecule has 0 aliphatic carbocycles. The van der Waals surface area contributed by atoms with Gasteiger partial charge in [-0.2, -0.15) is 0 Å².